The molecule has 0 fully saturated rings. The van der Waals surface area contributed by atoms with Gasteiger partial charge in [0, 0.05) is 17.6 Å². The molecule has 0 saturated carbocycles. The van der Waals surface area contributed by atoms with Crippen molar-refractivity contribution in [1.82, 2.24) is 15.2 Å². The highest BCUT2D eigenvalue weighted by Crippen LogP contribution is 2.43. The number of benzene rings is 1. The van der Waals surface area contributed by atoms with Crippen LogP contribution in [-0.2, 0) is 6.42 Å². The second kappa shape index (κ2) is 5.93. The fraction of sp³-hybridized carbons (Fsp3) is 0.235. The molecule has 1 aliphatic carbocycles. The van der Waals surface area contributed by atoms with Gasteiger partial charge in [-0.25, -0.2) is 0 Å². The Balaban J connectivity index is 1.57. The van der Waals surface area contributed by atoms with E-state index in [1.807, 2.05) is 12.1 Å². The average molecular weight is 309 g/mol. The minimum absolute atomic E-state index is 0.396. The summed E-state index contributed by atoms with van der Waals surface area (Å²) in [5.74, 6) is 0.527. The molecule has 22 heavy (non-hydrogen) atoms. The maximum absolute atomic E-state index is 5.79. The summed E-state index contributed by atoms with van der Waals surface area (Å²) >= 11 is 1.66. The molecule has 0 radical (unpaired) electrons. The number of aromatic nitrogens is 3. The molecule has 1 aromatic carbocycles. The van der Waals surface area contributed by atoms with Crippen LogP contribution in [0.15, 0.2) is 58.4 Å². The van der Waals surface area contributed by atoms with Crippen molar-refractivity contribution in [2.24, 2.45) is 0 Å². The first-order valence-electron chi connectivity index (χ1n) is 7.38. The number of fused-ring (bicyclic) bond motifs is 1. The lowest BCUT2D eigenvalue weighted by atomic mass is 9.91. The fourth-order valence-corrected chi connectivity index (χ4v) is 3.92. The fourth-order valence-electron chi connectivity index (χ4n) is 2.82. The average Bonchev–Trinajstić information content (AvgIpc) is 3.05. The van der Waals surface area contributed by atoms with E-state index in [2.05, 4.69) is 39.4 Å². The number of hydrogen-bond acceptors (Lipinski definition) is 5. The maximum atomic E-state index is 5.79. The van der Waals surface area contributed by atoms with Crippen molar-refractivity contribution in [1.29, 1.82) is 0 Å². The van der Waals surface area contributed by atoms with E-state index in [0.717, 1.165) is 18.4 Å². The molecule has 0 aliphatic heterocycles. The van der Waals surface area contributed by atoms with E-state index >= 15 is 0 Å². The van der Waals surface area contributed by atoms with Gasteiger partial charge in [0.1, 0.15) is 0 Å². The topological polar surface area (TPSA) is 51.8 Å². The van der Waals surface area contributed by atoms with Crippen LogP contribution in [0.2, 0.25) is 0 Å². The molecule has 2 heterocycles. The SMILES string of the molecule is c1cncc(-c2nnc(S[C@@H]3CCCc4ccccc43)o2)c1. The van der Waals surface area contributed by atoms with Crippen LogP contribution in [0.4, 0.5) is 0 Å². The van der Waals surface area contributed by atoms with Crippen molar-refractivity contribution in [2.45, 2.75) is 29.7 Å². The van der Waals surface area contributed by atoms with E-state index in [4.69, 9.17) is 4.42 Å². The van der Waals surface area contributed by atoms with Gasteiger partial charge < -0.3 is 4.42 Å². The van der Waals surface area contributed by atoms with Gasteiger partial charge in [0.15, 0.2) is 0 Å². The molecule has 0 bridgehead atoms. The smallest absolute Gasteiger partial charge is 0.277 e. The van der Waals surface area contributed by atoms with Crippen molar-refractivity contribution in [3.05, 3.63) is 59.9 Å². The molecule has 1 aliphatic rings. The molecule has 0 spiro atoms. The molecule has 0 unspecified atom stereocenters. The van der Waals surface area contributed by atoms with Crippen LogP contribution < -0.4 is 0 Å². The molecule has 4 nitrogen and oxygen atoms in total. The van der Waals surface area contributed by atoms with E-state index in [1.54, 1.807) is 24.2 Å². The third-order valence-corrected chi connectivity index (χ3v) is 5.01. The molecule has 2 aromatic heterocycles. The van der Waals surface area contributed by atoms with E-state index in [1.165, 1.54) is 17.5 Å². The molecule has 1 atom stereocenters. The summed E-state index contributed by atoms with van der Waals surface area (Å²) in [6.07, 6.45) is 6.98. The first-order chi connectivity index (χ1) is 10.9. The molecular weight excluding hydrogens is 294 g/mol. The molecule has 110 valence electrons. The Kier molecular flexibility index (Phi) is 3.64. The number of thioether (sulfide) groups is 1. The highest BCUT2D eigenvalue weighted by atomic mass is 32.2. The standard InChI is InChI=1S/C17H15N3OS/c1-2-8-14-12(5-1)6-3-9-15(14)22-17-20-19-16(21-17)13-7-4-10-18-11-13/h1-2,4-5,7-8,10-11,15H,3,6,9H2/t15-/m1/s1. The minimum atomic E-state index is 0.396. The van der Waals surface area contributed by atoms with Crippen LogP contribution in [0.5, 0.6) is 0 Å². The summed E-state index contributed by atoms with van der Waals surface area (Å²) in [5, 5.41) is 9.33. The summed E-state index contributed by atoms with van der Waals surface area (Å²) in [4.78, 5) is 4.08. The lowest BCUT2D eigenvalue weighted by Gasteiger charge is -2.23. The van der Waals surface area contributed by atoms with Gasteiger partial charge in [-0.05, 0) is 42.5 Å². The lowest BCUT2D eigenvalue weighted by Crippen LogP contribution is -2.06. The van der Waals surface area contributed by atoms with Gasteiger partial charge >= 0.3 is 0 Å². The number of pyridine rings is 1. The third kappa shape index (κ3) is 2.64. The largest absolute Gasteiger partial charge is 0.411 e. The molecule has 3 aromatic rings. The van der Waals surface area contributed by atoms with Crippen LogP contribution in [0.3, 0.4) is 0 Å². The van der Waals surface area contributed by atoms with Crippen molar-refractivity contribution < 1.29 is 4.42 Å². The number of aryl methyl sites for hydroxylation is 1. The van der Waals surface area contributed by atoms with Gasteiger partial charge in [0.05, 0.1) is 5.56 Å². The lowest BCUT2D eigenvalue weighted by molar-refractivity contribution is 0.463. The first kappa shape index (κ1) is 13.5. The number of rotatable bonds is 3. The molecule has 0 saturated heterocycles. The molecule has 0 N–H and O–H groups in total. The van der Waals surface area contributed by atoms with Crippen LogP contribution in [0, 0.1) is 0 Å². The quantitative estimate of drug-likeness (QED) is 0.722. The number of hydrogen-bond donors (Lipinski definition) is 0. The Labute approximate surface area is 133 Å². The minimum Gasteiger partial charge on any atom is -0.411 e. The second-order valence-electron chi connectivity index (χ2n) is 5.31. The summed E-state index contributed by atoms with van der Waals surface area (Å²) in [6, 6.07) is 12.4. The van der Waals surface area contributed by atoms with Crippen molar-refractivity contribution in [3.8, 4) is 11.5 Å². The highest BCUT2D eigenvalue weighted by molar-refractivity contribution is 7.99. The highest BCUT2D eigenvalue weighted by Gasteiger charge is 2.23. The van der Waals surface area contributed by atoms with Crippen molar-refractivity contribution in [3.63, 3.8) is 0 Å². The van der Waals surface area contributed by atoms with E-state index in [-0.39, 0.29) is 0 Å². The third-order valence-electron chi connectivity index (χ3n) is 3.87. The van der Waals surface area contributed by atoms with Gasteiger partial charge in [0.25, 0.3) is 5.22 Å². The van der Waals surface area contributed by atoms with Crippen LogP contribution in [0.1, 0.15) is 29.2 Å². The normalized spacial score (nSPS) is 17.2. The van der Waals surface area contributed by atoms with Crippen LogP contribution in [0.25, 0.3) is 11.5 Å². The van der Waals surface area contributed by atoms with Crippen molar-refractivity contribution >= 4 is 11.8 Å². The second-order valence-corrected chi connectivity index (χ2v) is 6.47. The zero-order valence-corrected chi connectivity index (χ0v) is 12.8. The van der Waals surface area contributed by atoms with Crippen molar-refractivity contribution in [2.75, 3.05) is 0 Å². The Morgan fingerprint density at radius 3 is 2.95 bits per heavy atom. The molecular formula is C17H15N3OS. The summed E-state index contributed by atoms with van der Waals surface area (Å²) in [7, 11) is 0. The monoisotopic (exact) mass is 309 g/mol. The summed E-state index contributed by atoms with van der Waals surface area (Å²) in [5.41, 5.74) is 3.70. The molecule has 0 amide bonds. The first-order valence-corrected chi connectivity index (χ1v) is 8.26. The van der Waals surface area contributed by atoms with E-state index in [0.29, 0.717) is 16.4 Å². The van der Waals surface area contributed by atoms with E-state index < -0.39 is 0 Å². The molecule has 4 rings (SSSR count). The van der Waals surface area contributed by atoms with Gasteiger partial charge in [0.2, 0.25) is 5.89 Å². The molecule has 5 heteroatoms. The Morgan fingerprint density at radius 1 is 1.09 bits per heavy atom. The van der Waals surface area contributed by atoms with Crippen LogP contribution >= 0.6 is 11.8 Å². The zero-order valence-electron chi connectivity index (χ0n) is 12.0. The number of nitrogens with zero attached hydrogens (tertiary/aromatic N) is 3. The summed E-state index contributed by atoms with van der Waals surface area (Å²) in [6.45, 7) is 0. The van der Waals surface area contributed by atoms with Crippen LogP contribution in [-0.4, -0.2) is 15.2 Å². The predicted octanol–water partition coefficient (Wildman–Crippen LogP) is 4.30. The Hall–Kier alpha value is -2.14. The van der Waals surface area contributed by atoms with Gasteiger partial charge in [-0.3, -0.25) is 4.98 Å². The Morgan fingerprint density at radius 2 is 2.05 bits per heavy atom. The van der Waals surface area contributed by atoms with Gasteiger partial charge in [-0.2, -0.15) is 0 Å². The zero-order chi connectivity index (χ0) is 14.8. The summed E-state index contributed by atoms with van der Waals surface area (Å²) < 4.78 is 5.79. The maximum Gasteiger partial charge on any atom is 0.277 e. The predicted molar refractivity (Wildman–Crippen MR) is 85.5 cm³/mol. The Bertz CT molecular complexity index is 772. The van der Waals surface area contributed by atoms with E-state index in [9.17, 15) is 0 Å². The van der Waals surface area contributed by atoms with Gasteiger partial charge in [-0.1, -0.05) is 36.0 Å². The van der Waals surface area contributed by atoms with Gasteiger partial charge in [-0.15, -0.1) is 10.2 Å².